The van der Waals surface area contributed by atoms with Crippen LogP contribution in [-0.2, 0) is 0 Å². The molecule has 2 aromatic rings. The molecule has 1 N–H and O–H groups in total. The lowest BCUT2D eigenvalue weighted by Crippen LogP contribution is -2.11. The Morgan fingerprint density at radius 2 is 2.15 bits per heavy atom. The summed E-state index contributed by atoms with van der Waals surface area (Å²) in [4.78, 5) is 8.52. The number of ether oxygens (including phenoxy) is 1. The summed E-state index contributed by atoms with van der Waals surface area (Å²) >= 11 is 0. The largest absolute Gasteiger partial charge is 0.492 e. The summed E-state index contributed by atoms with van der Waals surface area (Å²) in [6.45, 7) is 1.58. The van der Waals surface area contributed by atoms with Crippen LogP contribution in [0.15, 0.2) is 36.7 Å². The molecular weight excluding hydrogens is 252 g/mol. The Morgan fingerprint density at radius 1 is 1.25 bits per heavy atom. The van der Waals surface area contributed by atoms with Gasteiger partial charge in [0.2, 0.25) is 0 Å². The molecule has 0 aliphatic rings. The van der Waals surface area contributed by atoms with Crippen LogP contribution in [0.4, 0.5) is 0 Å². The van der Waals surface area contributed by atoms with E-state index in [0.29, 0.717) is 17.9 Å². The number of nitrogens with one attached hydrogen (secondary N) is 1. The van der Waals surface area contributed by atoms with Gasteiger partial charge in [-0.2, -0.15) is 5.26 Å². The molecule has 0 aromatic carbocycles. The van der Waals surface area contributed by atoms with Crippen LogP contribution in [0, 0.1) is 11.3 Å². The van der Waals surface area contributed by atoms with Crippen LogP contribution in [0.3, 0.4) is 0 Å². The number of pyridine rings is 2. The number of nitrogens with zero attached hydrogens (tertiary/aromatic N) is 3. The zero-order valence-electron chi connectivity index (χ0n) is 11.3. The van der Waals surface area contributed by atoms with Crippen LogP contribution in [-0.4, -0.2) is 30.2 Å². The maximum atomic E-state index is 8.87. The molecule has 5 heteroatoms. The van der Waals surface area contributed by atoms with E-state index in [2.05, 4.69) is 21.4 Å². The van der Waals surface area contributed by atoms with Gasteiger partial charge in [-0.3, -0.25) is 9.97 Å². The minimum absolute atomic E-state index is 0.573. The lowest BCUT2D eigenvalue weighted by Gasteiger charge is -2.06. The van der Waals surface area contributed by atoms with Gasteiger partial charge >= 0.3 is 0 Å². The lowest BCUT2D eigenvalue weighted by atomic mass is 10.2. The molecule has 0 saturated heterocycles. The molecule has 5 nitrogen and oxygen atoms in total. The van der Waals surface area contributed by atoms with Crippen LogP contribution >= 0.6 is 0 Å². The van der Waals surface area contributed by atoms with E-state index in [4.69, 9.17) is 10.00 Å². The fourth-order valence-corrected chi connectivity index (χ4v) is 1.70. The zero-order valence-corrected chi connectivity index (χ0v) is 11.3. The molecule has 0 atom stereocenters. The van der Waals surface area contributed by atoms with E-state index in [0.717, 1.165) is 24.4 Å². The molecular formula is C15H16N4O. The van der Waals surface area contributed by atoms with E-state index in [9.17, 15) is 0 Å². The number of aromatic nitrogens is 2. The van der Waals surface area contributed by atoms with Crippen molar-refractivity contribution in [2.75, 3.05) is 20.2 Å². The molecule has 0 spiro atoms. The summed E-state index contributed by atoms with van der Waals surface area (Å²) in [5, 5.41) is 11.9. The van der Waals surface area contributed by atoms with Crippen LogP contribution in [0.5, 0.6) is 5.75 Å². The van der Waals surface area contributed by atoms with Gasteiger partial charge in [0, 0.05) is 6.20 Å². The lowest BCUT2D eigenvalue weighted by molar-refractivity contribution is 0.308. The molecule has 0 aliphatic carbocycles. The van der Waals surface area contributed by atoms with E-state index in [1.165, 1.54) is 0 Å². The Morgan fingerprint density at radius 3 is 2.85 bits per heavy atom. The Bertz CT molecular complexity index is 590. The van der Waals surface area contributed by atoms with Gasteiger partial charge in [0.15, 0.2) is 0 Å². The Balaban J connectivity index is 2.02. The molecule has 2 rings (SSSR count). The highest BCUT2D eigenvalue weighted by molar-refractivity contribution is 5.56. The summed E-state index contributed by atoms with van der Waals surface area (Å²) in [5.74, 6) is 0.737. The predicted molar refractivity (Wildman–Crippen MR) is 76.2 cm³/mol. The average molecular weight is 268 g/mol. The first kappa shape index (κ1) is 14.0. The van der Waals surface area contributed by atoms with Crippen molar-refractivity contribution in [2.24, 2.45) is 0 Å². The monoisotopic (exact) mass is 268 g/mol. The van der Waals surface area contributed by atoms with Gasteiger partial charge in [0.25, 0.3) is 0 Å². The highest BCUT2D eigenvalue weighted by atomic mass is 16.5. The van der Waals surface area contributed by atoms with E-state index >= 15 is 0 Å². The zero-order chi connectivity index (χ0) is 14.2. The molecule has 2 aromatic heterocycles. The summed E-state index contributed by atoms with van der Waals surface area (Å²) in [7, 11) is 1.92. The van der Waals surface area contributed by atoms with Gasteiger partial charge in [-0.05, 0) is 44.3 Å². The van der Waals surface area contributed by atoms with Crippen molar-refractivity contribution >= 4 is 0 Å². The second-order valence-corrected chi connectivity index (χ2v) is 4.23. The van der Waals surface area contributed by atoms with Gasteiger partial charge in [-0.1, -0.05) is 0 Å². The van der Waals surface area contributed by atoms with Gasteiger partial charge in [-0.25, -0.2) is 0 Å². The summed E-state index contributed by atoms with van der Waals surface area (Å²) in [6, 6.07) is 9.19. The Kier molecular flexibility index (Phi) is 5.04. The molecule has 20 heavy (non-hydrogen) atoms. The van der Waals surface area contributed by atoms with Crippen molar-refractivity contribution in [1.82, 2.24) is 15.3 Å². The number of hydrogen-bond acceptors (Lipinski definition) is 5. The molecule has 0 bridgehead atoms. The van der Waals surface area contributed by atoms with Crippen molar-refractivity contribution < 1.29 is 4.74 Å². The van der Waals surface area contributed by atoms with Gasteiger partial charge in [-0.15, -0.1) is 0 Å². The van der Waals surface area contributed by atoms with Crippen LogP contribution in [0.2, 0.25) is 0 Å². The van der Waals surface area contributed by atoms with Crippen molar-refractivity contribution in [1.29, 1.82) is 5.26 Å². The highest BCUT2D eigenvalue weighted by Gasteiger charge is 2.03. The number of nitriles is 1. The number of hydrogen-bond donors (Lipinski definition) is 1. The second-order valence-electron chi connectivity index (χ2n) is 4.23. The highest BCUT2D eigenvalue weighted by Crippen LogP contribution is 2.18. The molecule has 2 heterocycles. The fraction of sp³-hybridized carbons (Fsp3) is 0.267. The van der Waals surface area contributed by atoms with Crippen LogP contribution in [0.25, 0.3) is 11.4 Å². The topological polar surface area (TPSA) is 70.8 Å². The average Bonchev–Trinajstić information content (AvgIpc) is 2.52. The Hall–Kier alpha value is -2.45. The maximum absolute atomic E-state index is 8.87. The van der Waals surface area contributed by atoms with E-state index in [1.807, 2.05) is 19.2 Å². The normalized spacial score (nSPS) is 10.0. The molecule has 0 fully saturated rings. The van der Waals surface area contributed by atoms with E-state index in [1.54, 1.807) is 24.5 Å². The third-order valence-corrected chi connectivity index (χ3v) is 2.73. The predicted octanol–water partition coefficient (Wildman–Crippen LogP) is 2.00. The van der Waals surface area contributed by atoms with Crippen molar-refractivity contribution in [2.45, 2.75) is 6.42 Å². The minimum Gasteiger partial charge on any atom is -0.492 e. The number of rotatable bonds is 6. The van der Waals surface area contributed by atoms with Crippen molar-refractivity contribution in [3.05, 3.63) is 42.2 Å². The summed E-state index contributed by atoms with van der Waals surface area (Å²) in [6.07, 6.45) is 4.23. The van der Waals surface area contributed by atoms with Crippen molar-refractivity contribution in [3.63, 3.8) is 0 Å². The molecule has 0 aliphatic heterocycles. The standard InChI is InChI=1S/C15H16N4O/c1-17-6-2-8-20-13-3-4-14(19-11-13)15-9-12(10-16)5-7-18-15/h3-5,7,9,11,17H,2,6,8H2,1H3. The molecule has 102 valence electrons. The first-order valence-electron chi connectivity index (χ1n) is 6.43. The quantitative estimate of drug-likeness (QED) is 0.811. The van der Waals surface area contributed by atoms with E-state index < -0.39 is 0 Å². The molecule has 0 unspecified atom stereocenters. The fourth-order valence-electron chi connectivity index (χ4n) is 1.70. The third-order valence-electron chi connectivity index (χ3n) is 2.73. The van der Waals surface area contributed by atoms with E-state index in [-0.39, 0.29) is 0 Å². The third kappa shape index (κ3) is 3.77. The Labute approximate surface area is 118 Å². The summed E-state index contributed by atoms with van der Waals surface area (Å²) < 4.78 is 5.57. The SMILES string of the molecule is CNCCCOc1ccc(-c2cc(C#N)ccn2)nc1. The summed E-state index contributed by atoms with van der Waals surface area (Å²) in [5.41, 5.74) is 1.99. The van der Waals surface area contributed by atoms with Crippen LogP contribution in [0.1, 0.15) is 12.0 Å². The molecule has 0 amide bonds. The van der Waals surface area contributed by atoms with Crippen molar-refractivity contribution in [3.8, 4) is 23.2 Å². The van der Waals surface area contributed by atoms with Gasteiger partial charge in [0.1, 0.15) is 5.75 Å². The van der Waals surface area contributed by atoms with Gasteiger partial charge in [0.05, 0.1) is 35.8 Å². The minimum atomic E-state index is 0.573. The first-order valence-corrected chi connectivity index (χ1v) is 6.43. The first-order chi connectivity index (χ1) is 9.83. The van der Waals surface area contributed by atoms with Crippen LogP contribution < -0.4 is 10.1 Å². The molecule has 0 saturated carbocycles. The molecule has 0 radical (unpaired) electrons. The van der Waals surface area contributed by atoms with Gasteiger partial charge < -0.3 is 10.1 Å². The smallest absolute Gasteiger partial charge is 0.137 e. The second kappa shape index (κ2) is 7.22. The maximum Gasteiger partial charge on any atom is 0.137 e.